The van der Waals surface area contributed by atoms with Crippen LogP contribution in [0.2, 0.25) is 5.02 Å². The number of halogens is 1. The average Bonchev–Trinajstić information content (AvgIpc) is 3.33. The van der Waals surface area contributed by atoms with Gasteiger partial charge >= 0.3 is 0 Å². The number of nitrogens with one attached hydrogen (secondary N) is 2. The Balaban J connectivity index is 1.44. The van der Waals surface area contributed by atoms with Crippen molar-refractivity contribution in [2.75, 3.05) is 44.5 Å². The Labute approximate surface area is 214 Å². The van der Waals surface area contributed by atoms with Crippen molar-refractivity contribution in [3.8, 4) is 21.9 Å². The standard InChI is InChI=1S/C26H28ClN3O4S/c1-28-20-15-23(17-6-8-18(27)9-7-17)35-25(20)26(32)29-19-10-11-21(22(14-19)33-2)34-16-24(31)30-12-4-3-5-13-30/h6-11,14-15,28H,3-5,12-13,16H2,1-2H3,(H,29,32). The molecule has 1 aliphatic heterocycles. The Morgan fingerprint density at radius 3 is 2.46 bits per heavy atom. The number of likely N-dealkylation sites (tertiary alicyclic amines) is 1. The summed E-state index contributed by atoms with van der Waals surface area (Å²) in [5.41, 5.74) is 2.28. The van der Waals surface area contributed by atoms with E-state index in [0.29, 0.717) is 27.1 Å². The zero-order chi connectivity index (χ0) is 24.8. The molecular weight excluding hydrogens is 486 g/mol. The summed E-state index contributed by atoms with van der Waals surface area (Å²) in [5.74, 6) is 0.623. The molecule has 0 atom stereocenters. The van der Waals surface area contributed by atoms with E-state index in [1.807, 2.05) is 35.2 Å². The third-order valence-corrected chi connectivity index (χ3v) is 7.25. The molecule has 3 aromatic rings. The van der Waals surface area contributed by atoms with Crippen LogP contribution in [0.3, 0.4) is 0 Å². The summed E-state index contributed by atoms with van der Waals surface area (Å²) in [6.45, 7) is 1.51. The second-order valence-corrected chi connectivity index (χ2v) is 9.65. The van der Waals surface area contributed by atoms with Crippen LogP contribution in [0.5, 0.6) is 11.5 Å². The van der Waals surface area contributed by atoms with Crippen LogP contribution in [-0.2, 0) is 4.79 Å². The Hall–Kier alpha value is -3.23. The SMILES string of the molecule is CNc1cc(-c2ccc(Cl)cc2)sc1C(=O)Nc1ccc(OCC(=O)N2CCCCC2)c(OC)c1. The van der Waals surface area contributed by atoms with Crippen LogP contribution in [0.15, 0.2) is 48.5 Å². The molecule has 0 spiro atoms. The first kappa shape index (κ1) is 24.9. The van der Waals surface area contributed by atoms with E-state index in [4.69, 9.17) is 21.1 Å². The fraction of sp³-hybridized carbons (Fsp3) is 0.308. The molecule has 184 valence electrons. The van der Waals surface area contributed by atoms with Crippen molar-refractivity contribution in [3.05, 3.63) is 58.4 Å². The molecule has 0 aliphatic carbocycles. The second-order valence-electron chi connectivity index (χ2n) is 8.16. The van der Waals surface area contributed by atoms with Crippen molar-refractivity contribution in [2.45, 2.75) is 19.3 Å². The van der Waals surface area contributed by atoms with E-state index in [-0.39, 0.29) is 18.4 Å². The van der Waals surface area contributed by atoms with Crippen LogP contribution in [0, 0.1) is 0 Å². The molecule has 0 saturated carbocycles. The number of piperidine rings is 1. The van der Waals surface area contributed by atoms with Crippen LogP contribution >= 0.6 is 22.9 Å². The van der Waals surface area contributed by atoms with Crippen molar-refractivity contribution in [2.24, 2.45) is 0 Å². The van der Waals surface area contributed by atoms with E-state index in [2.05, 4.69) is 10.6 Å². The van der Waals surface area contributed by atoms with Gasteiger partial charge in [0, 0.05) is 41.8 Å². The van der Waals surface area contributed by atoms with E-state index < -0.39 is 0 Å². The first-order valence-electron chi connectivity index (χ1n) is 11.5. The summed E-state index contributed by atoms with van der Waals surface area (Å²) in [6.07, 6.45) is 3.23. The van der Waals surface area contributed by atoms with Crippen molar-refractivity contribution in [3.63, 3.8) is 0 Å². The lowest BCUT2D eigenvalue weighted by Crippen LogP contribution is -2.38. The van der Waals surface area contributed by atoms with Gasteiger partial charge in [0.25, 0.3) is 11.8 Å². The number of carbonyl (C=O) groups excluding carboxylic acids is 2. The van der Waals surface area contributed by atoms with E-state index in [1.54, 1.807) is 25.2 Å². The molecule has 2 aromatic carbocycles. The number of rotatable bonds is 8. The zero-order valence-corrected chi connectivity index (χ0v) is 21.3. The molecule has 2 amide bonds. The Kier molecular flexibility index (Phi) is 8.15. The predicted molar refractivity (Wildman–Crippen MR) is 141 cm³/mol. The minimum atomic E-state index is -0.240. The van der Waals surface area contributed by atoms with Gasteiger partial charge in [-0.05, 0) is 55.2 Å². The summed E-state index contributed by atoms with van der Waals surface area (Å²) in [5, 5.41) is 6.68. The molecule has 2 heterocycles. The van der Waals surface area contributed by atoms with Gasteiger partial charge in [-0.1, -0.05) is 23.7 Å². The van der Waals surface area contributed by atoms with Gasteiger partial charge in [0.2, 0.25) is 0 Å². The van der Waals surface area contributed by atoms with Crippen LogP contribution in [0.1, 0.15) is 28.9 Å². The summed E-state index contributed by atoms with van der Waals surface area (Å²) in [6, 6.07) is 14.6. The maximum Gasteiger partial charge on any atom is 0.267 e. The highest BCUT2D eigenvalue weighted by molar-refractivity contribution is 7.18. The van der Waals surface area contributed by atoms with Crippen molar-refractivity contribution in [1.82, 2.24) is 4.90 Å². The molecule has 1 saturated heterocycles. The Morgan fingerprint density at radius 2 is 1.77 bits per heavy atom. The van der Waals surface area contributed by atoms with Gasteiger partial charge in [0.05, 0.1) is 12.8 Å². The first-order valence-corrected chi connectivity index (χ1v) is 12.7. The van der Waals surface area contributed by atoms with Crippen LogP contribution in [0.25, 0.3) is 10.4 Å². The molecular formula is C26H28ClN3O4S. The number of hydrogen-bond acceptors (Lipinski definition) is 6. The normalized spacial score (nSPS) is 13.3. The first-order chi connectivity index (χ1) is 17.0. The van der Waals surface area contributed by atoms with E-state index in [9.17, 15) is 9.59 Å². The van der Waals surface area contributed by atoms with Crippen molar-refractivity contribution in [1.29, 1.82) is 0 Å². The predicted octanol–water partition coefficient (Wildman–Crippen LogP) is 5.76. The molecule has 2 N–H and O–H groups in total. The molecule has 0 bridgehead atoms. The van der Waals surface area contributed by atoms with Gasteiger partial charge in [-0.15, -0.1) is 11.3 Å². The number of amides is 2. The van der Waals surface area contributed by atoms with Crippen molar-refractivity contribution >= 4 is 46.1 Å². The third-order valence-electron chi connectivity index (χ3n) is 5.82. The Bertz CT molecular complexity index is 1190. The molecule has 9 heteroatoms. The monoisotopic (exact) mass is 513 g/mol. The van der Waals surface area contributed by atoms with Crippen LogP contribution < -0.4 is 20.1 Å². The van der Waals surface area contributed by atoms with E-state index >= 15 is 0 Å². The number of nitrogens with zero attached hydrogens (tertiary/aromatic N) is 1. The highest BCUT2D eigenvalue weighted by Gasteiger charge is 2.19. The quantitative estimate of drug-likeness (QED) is 0.400. The summed E-state index contributed by atoms with van der Waals surface area (Å²) < 4.78 is 11.2. The zero-order valence-electron chi connectivity index (χ0n) is 19.7. The number of benzene rings is 2. The number of methoxy groups -OCH3 is 1. The summed E-state index contributed by atoms with van der Waals surface area (Å²) in [7, 11) is 3.31. The lowest BCUT2D eigenvalue weighted by molar-refractivity contribution is -0.134. The van der Waals surface area contributed by atoms with Crippen LogP contribution in [-0.4, -0.2) is 50.6 Å². The topological polar surface area (TPSA) is 79.9 Å². The second kappa shape index (κ2) is 11.5. The minimum absolute atomic E-state index is 0.0297. The number of carbonyl (C=O) groups is 2. The lowest BCUT2D eigenvalue weighted by Gasteiger charge is -2.26. The van der Waals surface area contributed by atoms with E-state index in [1.165, 1.54) is 18.4 Å². The number of thiophene rings is 1. The maximum atomic E-state index is 13.1. The van der Waals surface area contributed by atoms with Crippen LogP contribution in [0.4, 0.5) is 11.4 Å². The highest BCUT2D eigenvalue weighted by Crippen LogP contribution is 2.36. The molecule has 1 aliphatic rings. The van der Waals surface area contributed by atoms with Gasteiger partial charge in [-0.3, -0.25) is 9.59 Å². The summed E-state index contributed by atoms with van der Waals surface area (Å²) >= 11 is 7.39. The number of ether oxygens (including phenoxy) is 2. The minimum Gasteiger partial charge on any atom is -0.493 e. The fourth-order valence-electron chi connectivity index (χ4n) is 3.93. The molecule has 0 unspecified atom stereocenters. The molecule has 35 heavy (non-hydrogen) atoms. The molecule has 1 aromatic heterocycles. The number of anilines is 2. The van der Waals surface area contributed by atoms with Gasteiger partial charge in [-0.2, -0.15) is 0 Å². The van der Waals surface area contributed by atoms with Gasteiger partial charge < -0.3 is 25.0 Å². The summed E-state index contributed by atoms with van der Waals surface area (Å²) in [4.78, 5) is 28.8. The third kappa shape index (κ3) is 6.07. The molecule has 1 fully saturated rings. The fourth-order valence-corrected chi connectivity index (χ4v) is 5.12. The average molecular weight is 514 g/mol. The Morgan fingerprint density at radius 1 is 1.03 bits per heavy atom. The van der Waals surface area contributed by atoms with Crippen molar-refractivity contribution < 1.29 is 19.1 Å². The maximum absolute atomic E-state index is 13.1. The smallest absolute Gasteiger partial charge is 0.267 e. The van der Waals surface area contributed by atoms with Gasteiger partial charge in [-0.25, -0.2) is 0 Å². The van der Waals surface area contributed by atoms with Gasteiger partial charge in [0.15, 0.2) is 18.1 Å². The molecule has 4 rings (SSSR count). The largest absolute Gasteiger partial charge is 0.493 e. The molecule has 0 radical (unpaired) electrons. The highest BCUT2D eigenvalue weighted by atomic mass is 35.5. The lowest BCUT2D eigenvalue weighted by atomic mass is 10.1. The van der Waals surface area contributed by atoms with Gasteiger partial charge in [0.1, 0.15) is 4.88 Å². The number of hydrogen-bond donors (Lipinski definition) is 2. The molecule has 7 nitrogen and oxygen atoms in total. The van der Waals surface area contributed by atoms with E-state index in [0.717, 1.165) is 48.5 Å².